The van der Waals surface area contributed by atoms with E-state index in [1.165, 1.54) is 334 Å². The van der Waals surface area contributed by atoms with Crippen molar-refractivity contribution in [2.75, 3.05) is 47.5 Å². The summed E-state index contributed by atoms with van der Waals surface area (Å²) in [5, 5.41) is 11.8. The molecule has 0 spiro atoms. The second-order valence-corrected chi connectivity index (χ2v) is 28.0. The number of carboxylic acids is 1. The van der Waals surface area contributed by atoms with Gasteiger partial charge >= 0.3 is 11.9 Å². The fourth-order valence-electron chi connectivity index (χ4n) is 12.0. The number of hydrogen-bond acceptors (Lipinski definition) is 8. The van der Waals surface area contributed by atoms with E-state index in [0.717, 1.165) is 44.9 Å². The highest BCUT2D eigenvalue weighted by molar-refractivity contribution is 5.70. The van der Waals surface area contributed by atoms with E-state index in [1.54, 1.807) is 0 Å². The number of aliphatic carboxylic acids is 1. The largest absolute Gasteiger partial charge is 0.545 e. The van der Waals surface area contributed by atoms with Crippen LogP contribution in [0.3, 0.4) is 0 Å². The van der Waals surface area contributed by atoms with Crippen LogP contribution in [0.1, 0.15) is 406 Å². The van der Waals surface area contributed by atoms with E-state index in [1.807, 2.05) is 21.1 Å². The van der Waals surface area contributed by atoms with Gasteiger partial charge in [0.2, 0.25) is 0 Å². The summed E-state index contributed by atoms with van der Waals surface area (Å²) < 4.78 is 22.9. The minimum atomic E-state index is -1.62. The number of ether oxygens (including phenoxy) is 4. The predicted molar refractivity (Wildman–Crippen MR) is 376 cm³/mol. The first-order valence-corrected chi connectivity index (χ1v) is 39.0. The quantitative estimate of drug-likeness (QED) is 0.0195. The molecule has 88 heavy (non-hydrogen) atoms. The Morgan fingerprint density at radius 3 is 0.898 bits per heavy atom. The standard InChI is InChI=1S/C79H151NO8/c1-6-8-10-12-14-16-18-20-22-24-26-28-30-32-34-36-37-38-39-40-41-42-44-46-48-50-52-54-56-58-60-62-64-66-68-70-77(82)88-75(74-87-79(78(83)84)85-72-71-80(3,4)5)73-86-76(81)69-67-65-63-61-59-57-55-53-51-49-47-45-43-35-33-31-29-27-25-23-21-19-17-15-13-11-9-7-2/h18,20,24,26,75,79H,6-17,19,21-23,25,27-74H2,1-5H3/b20-18-,26-24-. The van der Waals surface area contributed by atoms with Crippen LogP contribution in [0.5, 0.6) is 0 Å². The molecule has 2 atom stereocenters. The highest BCUT2D eigenvalue weighted by atomic mass is 16.7. The summed E-state index contributed by atoms with van der Waals surface area (Å²) in [6.07, 6.45) is 85.8. The van der Waals surface area contributed by atoms with E-state index < -0.39 is 24.3 Å². The minimum absolute atomic E-state index is 0.152. The van der Waals surface area contributed by atoms with Gasteiger partial charge in [0, 0.05) is 12.8 Å². The van der Waals surface area contributed by atoms with Crippen LogP contribution in [0.2, 0.25) is 0 Å². The first-order chi connectivity index (χ1) is 43.1. The summed E-state index contributed by atoms with van der Waals surface area (Å²) in [7, 11) is 5.95. The Kier molecular flexibility index (Phi) is 68.8. The Labute approximate surface area is 548 Å². The van der Waals surface area contributed by atoms with Crippen molar-refractivity contribution in [1.82, 2.24) is 0 Å². The molecule has 0 aliphatic heterocycles. The van der Waals surface area contributed by atoms with E-state index in [2.05, 4.69) is 38.2 Å². The normalized spacial score (nSPS) is 12.7. The number of hydrogen-bond donors (Lipinski definition) is 0. The SMILES string of the molecule is CCCCCCC/C=C\C/C=C\CCCCCCCCCCCCCCCCCCCCCCCCCC(=O)OC(COC(=O)CCCCCCCCCCCCCCCCCCCCCCCCCCCCCC)COC(OCC[N+](C)(C)C)C(=O)[O-]. The van der Waals surface area contributed by atoms with Gasteiger partial charge in [-0.25, -0.2) is 0 Å². The van der Waals surface area contributed by atoms with E-state index in [9.17, 15) is 19.5 Å². The molecule has 0 radical (unpaired) electrons. The number of esters is 2. The lowest BCUT2D eigenvalue weighted by Gasteiger charge is -2.26. The Bertz CT molecular complexity index is 1490. The van der Waals surface area contributed by atoms with Crippen molar-refractivity contribution in [3.63, 3.8) is 0 Å². The fourth-order valence-corrected chi connectivity index (χ4v) is 12.0. The smallest absolute Gasteiger partial charge is 0.306 e. The van der Waals surface area contributed by atoms with Crippen LogP contribution in [-0.2, 0) is 33.3 Å². The average molecular weight is 1240 g/mol. The van der Waals surface area contributed by atoms with E-state index in [4.69, 9.17) is 18.9 Å². The van der Waals surface area contributed by atoms with Crippen molar-refractivity contribution in [2.24, 2.45) is 0 Å². The van der Waals surface area contributed by atoms with Crippen molar-refractivity contribution in [2.45, 2.75) is 418 Å². The van der Waals surface area contributed by atoms with Gasteiger partial charge in [-0.1, -0.05) is 372 Å². The molecular weight excluding hydrogens is 1090 g/mol. The van der Waals surface area contributed by atoms with Crippen LogP contribution in [0, 0.1) is 0 Å². The Balaban J connectivity index is 3.98. The van der Waals surface area contributed by atoms with Crippen LogP contribution < -0.4 is 5.11 Å². The minimum Gasteiger partial charge on any atom is -0.545 e. The van der Waals surface area contributed by atoms with E-state index in [0.29, 0.717) is 17.4 Å². The molecule has 0 heterocycles. The molecule has 520 valence electrons. The second-order valence-electron chi connectivity index (χ2n) is 28.0. The lowest BCUT2D eigenvalue weighted by atomic mass is 10.0. The summed E-state index contributed by atoms with van der Waals surface area (Å²) in [5.41, 5.74) is 0. The van der Waals surface area contributed by atoms with Gasteiger partial charge in [0.1, 0.15) is 13.2 Å². The van der Waals surface area contributed by atoms with Crippen molar-refractivity contribution in [3.05, 3.63) is 24.3 Å². The molecule has 0 saturated carbocycles. The third kappa shape index (κ3) is 71.2. The lowest BCUT2D eigenvalue weighted by molar-refractivity contribution is -0.870. The molecule has 0 aromatic carbocycles. The van der Waals surface area contributed by atoms with Crippen molar-refractivity contribution < 1.29 is 42.9 Å². The molecule has 0 saturated heterocycles. The molecular formula is C79H151NO8. The van der Waals surface area contributed by atoms with E-state index >= 15 is 0 Å². The maximum atomic E-state index is 13.0. The summed E-state index contributed by atoms with van der Waals surface area (Å²) in [6, 6.07) is 0. The third-order valence-corrected chi connectivity index (χ3v) is 18.0. The molecule has 0 aromatic heterocycles. The monoisotopic (exact) mass is 1240 g/mol. The van der Waals surface area contributed by atoms with Crippen LogP contribution >= 0.6 is 0 Å². The van der Waals surface area contributed by atoms with Crippen molar-refractivity contribution in [1.29, 1.82) is 0 Å². The maximum absolute atomic E-state index is 13.0. The molecule has 0 aliphatic rings. The van der Waals surface area contributed by atoms with Gasteiger partial charge in [-0.05, 0) is 44.9 Å². The summed E-state index contributed by atoms with van der Waals surface area (Å²) in [6.45, 7) is 4.83. The van der Waals surface area contributed by atoms with Crippen LogP contribution in [0.4, 0.5) is 0 Å². The predicted octanol–water partition coefficient (Wildman–Crippen LogP) is 23.2. The van der Waals surface area contributed by atoms with Gasteiger partial charge in [0.05, 0.1) is 40.3 Å². The van der Waals surface area contributed by atoms with Gasteiger partial charge in [-0.15, -0.1) is 0 Å². The number of carbonyl (C=O) groups is 3. The van der Waals surface area contributed by atoms with Gasteiger partial charge < -0.3 is 33.3 Å². The highest BCUT2D eigenvalue weighted by Crippen LogP contribution is 2.20. The molecule has 0 bridgehead atoms. The number of rotatable bonds is 74. The number of quaternary nitrogens is 1. The number of likely N-dealkylation sites (N-methyl/N-ethyl adjacent to an activating group) is 1. The number of allylic oxidation sites excluding steroid dienone is 4. The summed E-state index contributed by atoms with van der Waals surface area (Å²) in [4.78, 5) is 37.6. The molecule has 9 heteroatoms. The highest BCUT2D eigenvalue weighted by Gasteiger charge is 2.22. The Morgan fingerprint density at radius 2 is 0.614 bits per heavy atom. The molecule has 0 N–H and O–H groups in total. The zero-order valence-electron chi connectivity index (χ0n) is 59.6. The number of nitrogens with zero attached hydrogens (tertiary/aromatic N) is 1. The van der Waals surface area contributed by atoms with Gasteiger partial charge in [0.15, 0.2) is 12.4 Å². The molecule has 0 aliphatic carbocycles. The van der Waals surface area contributed by atoms with Crippen LogP contribution in [-0.4, -0.2) is 82.3 Å². The van der Waals surface area contributed by atoms with Crippen molar-refractivity contribution >= 4 is 17.9 Å². The van der Waals surface area contributed by atoms with Gasteiger partial charge in [-0.3, -0.25) is 9.59 Å². The molecule has 2 unspecified atom stereocenters. The number of carbonyl (C=O) groups excluding carboxylic acids is 3. The number of carboxylic acid groups (broad SMARTS) is 1. The second kappa shape index (κ2) is 70.6. The van der Waals surface area contributed by atoms with Gasteiger partial charge in [0.25, 0.3) is 0 Å². The first-order valence-electron chi connectivity index (χ1n) is 39.0. The summed E-state index contributed by atoms with van der Waals surface area (Å²) >= 11 is 0. The molecule has 0 fully saturated rings. The van der Waals surface area contributed by atoms with Crippen LogP contribution in [0.15, 0.2) is 24.3 Å². The van der Waals surface area contributed by atoms with E-state index in [-0.39, 0.29) is 32.2 Å². The van der Waals surface area contributed by atoms with Crippen molar-refractivity contribution in [3.8, 4) is 0 Å². The number of unbranched alkanes of at least 4 members (excludes halogenated alkanes) is 55. The fraction of sp³-hybridized carbons (Fsp3) is 0.911. The van der Waals surface area contributed by atoms with Crippen LogP contribution in [0.25, 0.3) is 0 Å². The first kappa shape index (κ1) is 85.8. The topological polar surface area (TPSA) is 111 Å². The molecule has 0 amide bonds. The molecule has 0 rings (SSSR count). The average Bonchev–Trinajstić information content (AvgIpc) is 3.54. The molecule has 9 nitrogen and oxygen atoms in total. The zero-order valence-corrected chi connectivity index (χ0v) is 59.6. The summed E-state index contributed by atoms with van der Waals surface area (Å²) in [5.74, 6) is -2.24. The lowest BCUT2D eigenvalue weighted by Crippen LogP contribution is -2.44. The van der Waals surface area contributed by atoms with Gasteiger partial charge in [-0.2, -0.15) is 0 Å². The Hall–Kier alpha value is -2.23. The zero-order chi connectivity index (χ0) is 64.0. The Morgan fingerprint density at radius 1 is 0.341 bits per heavy atom. The third-order valence-electron chi connectivity index (χ3n) is 18.0. The maximum Gasteiger partial charge on any atom is 0.306 e. The molecule has 0 aromatic rings.